The van der Waals surface area contributed by atoms with Crippen LogP contribution in [0.5, 0.6) is 0 Å². The number of benzene rings is 1. The number of nitrogens with zero attached hydrogens (tertiary/aromatic N) is 3. The van der Waals surface area contributed by atoms with Crippen molar-refractivity contribution in [2.45, 2.75) is 16.7 Å². The first-order valence-electron chi connectivity index (χ1n) is 6.39. The predicted octanol–water partition coefficient (Wildman–Crippen LogP) is 4.53. The number of hydrogen-bond donors (Lipinski definition) is 0. The van der Waals surface area contributed by atoms with Crippen LogP contribution in [0.3, 0.4) is 0 Å². The second-order valence-corrected chi connectivity index (χ2v) is 6.57. The fourth-order valence-electron chi connectivity index (χ4n) is 1.74. The van der Waals surface area contributed by atoms with Crippen molar-refractivity contribution in [3.63, 3.8) is 0 Å². The lowest BCUT2D eigenvalue weighted by molar-refractivity contribution is 0.426. The highest BCUT2D eigenvalue weighted by Gasteiger charge is 2.10. The molecule has 3 aromatic rings. The second kappa shape index (κ2) is 7.21. The minimum atomic E-state index is 0.538. The molecule has 0 radical (unpaired) electrons. The van der Waals surface area contributed by atoms with Crippen LogP contribution in [-0.4, -0.2) is 21.4 Å². The molecule has 3 rings (SSSR count). The van der Waals surface area contributed by atoms with Crippen LogP contribution in [0.1, 0.15) is 11.6 Å². The Bertz CT molecular complexity index is 760. The zero-order chi connectivity index (χ0) is 15.4. The van der Waals surface area contributed by atoms with E-state index in [-0.39, 0.29) is 0 Å². The van der Waals surface area contributed by atoms with Gasteiger partial charge in [-0.25, -0.2) is 4.98 Å². The summed E-state index contributed by atoms with van der Waals surface area (Å²) in [7, 11) is 0. The van der Waals surface area contributed by atoms with Crippen molar-refractivity contribution in [1.29, 1.82) is 0 Å². The summed E-state index contributed by atoms with van der Waals surface area (Å²) in [6.07, 6.45) is 3.62. The number of aromatic nitrogens is 3. The van der Waals surface area contributed by atoms with Crippen molar-refractivity contribution in [2.75, 3.05) is 6.26 Å². The van der Waals surface area contributed by atoms with Gasteiger partial charge in [0.2, 0.25) is 11.8 Å². The van der Waals surface area contributed by atoms with Crippen LogP contribution >= 0.6 is 35.1 Å². The highest BCUT2D eigenvalue weighted by molar-refractivity contribution is 7.98. The van der Waals surface area contributed by atoms with Gasteiger partial charge in [-0.05, 0) is 24.5 Å². The summed E-state index contributed by atoms with van der Waals surface area (Å²) in [5.41, 5.74) is 1.66. The molecular formula is C14H12ClN3O2S2. The molecule has 1 aromatic carbocycles. The van der Waals surface area contributed by atoms with Gasteiger partial charge in [-0.3, -0.25) is 0 Å². The van der Waals surface area contributed by atoms with E-state index in [9.17, 15) is 0 Å². The summed E-state index contributed by atoms with van der Waals surface area (Å²) in [6.45, 7) is 0. The number of halogens is 1. The SMILES string of the molecule is CSCc1nnc(SCc2coc(-c3cccc(Cl)c3)n2)o1. The van der Waals surface area contributed by atoms with E-state index in [2.05, 4.69) is 15.2 Å². The zero-order valence-corrected chi connectivity index (χ0v) is 14.0. The molecule has 2 heterocycles. The molecule has 8 heteroatoms. The molecule has 22 heavy (non-hydrogen) atoms. The maximum absolute atomic E-state index is 5.97. The largest absolute Gasteiger partial charge is 0.444 e. The Morgan fingerprint density at radius 1 is 1.23 bits per heavy atom. The third-order valence-corrected chi connectivity index (χ3v) is 4.31. The van der Waals surface area contributed by atoms with Crippen LogP contribution in [0.2, 0.25) is 5.02 Å². The number of oxazole rings is 1. The van der Waals surface area contributed by atoms with Gasteiger partial charge in [0.1, 0.15) is 6.26 Å². The van der Waals surface area contributed by atoms with Crippen LogP contribution in [0.25, 0.3) is 11.5 Å². The van der Waals surface area contributed by atoms with E-state index in [0.717, 1.165) is 17.0 Å². The fraction of sp³-hybridized carbons (Fsp3) is 0.214. The van der Waals surface area contributed by atoms with E-state index in [4.69, 9.17) is 20.4 Å². The van der Waals surface area contributed by atoms with Gasteiger partial charge in [-0.1, -0.05) is 29.4 Å². The van der Waals surface area contributed by atoms with Crippen LogP contribution in [0, 0.1) is 0 Å². The van der Waals surface area contributed by atoms with E-state index >= 15 is 0 Å². The minimum absolute atomic E-state index is 0.538. The Hall–Kier alpha value is -1.44. The quantitative estimate of drug-likeness (QED) is 0.603. The Labute approximate surface area is 140 Å². The maximum atomic E-state index is 5.97. The summed E-state index contributed by atoms with van der Waals surface area (Å²) >= 11 is 9.04. The van der Waals surface area contributed by atoms with Gasteiger partial charge in [0.15, 0.2) is 0 Å². The molecule has 2 aromatic heterocycles. The van der Waals surface area contributed by atoms with Crippen molar-refractivity contribution in [3.8, 4) is 11.5 Å². The molecule has 0 bridgehead atoms. The number of thioether (sulfide) groups is 2. The monoisotopic (exact) mass is 353 g/mol. The minimum Gasteiger partial charge on any atom is -0.444 e. The molecule has 0 atom stereocenters. The van der Waals surface area contributed by atoms with Gasteiger partial charge in [0.25, 0.3) is 5.22 Å². The average Bonchev–Trinajstić information content (AvgIpc) is 3.15. The third kappa shape index (κ3) is 3.85. The normalized spacial score (nSPS) is 11.0. The highest BCUT2D eigenvalue weighted by Crippen LogP contribution is 2.26. The van der Waals surface area contributed by atoms with Gasteiger partial charge in [0, 0.05) is 16.3 Å². The molecule has 0 aliphatic heterocycles. The van der Waals surface area contributed by atoms with E-state index in [0.29, 0.717) is 27.8 Å². The van der Waals surface area contributed by atoms with Crippen LogP contribution < -0.4 is 0 Å². The lowest BCUT2D eigenvalue weighted by atomic mass is 10.2. The molecule has 0 saturated carbocycles. The van der Waals surface area contributed by atoms with E-state index < -0.39 is 0 Å². The fourth-order valence-corrected chi connectivity index (χ4v) is 2.95. The topological polar surface area (TPSA) is 65.0 Å². The van der Waals surface area contributed by atoms with E-state index in [1.807, 2.05) is 30.5 Å². The highest BCUT2D eigenvalue weighted by atomic mass is 35.5. The summed E-state index contributed by atoms with van der Waals surface area (Å²) in [5.74, 6) is 2.50. The molecule has 0 N–H and O–H groups in total. The van der Waals surface area contributed by atoms with E-state index in [1.54, 1.807) is 18.0 Å². The van der Waals surface area contributed by atoms with Gasteiger partial charge in [-0.2, -0.15) is 11.8 Å². The molecule has 0 fully saturated rings. The van der Waals surface area contributed by atoms with Gasteiger partial charge < -0.3 is 8.83 Å². The standard InChI is InChI=1S/C14H12ClN3O2S2/c1-21-8-12-17-18-14(20-12)22-7-11-6-19-13(16-11)9-3-2-4-10(15)5-9/h2-6H,7-8H2,1H3. The molecule has 0 unspecified atom stereocenters. The Morgan fingerprint density at radius 3 is 2.95 bits per heavy atom. The van der Waals surface area contributed by atoms with Crippen LogP contribution in [-0.2, 0) is 11.5 Å². The Balaban J connectivity index is 1.64. The maximum Gasteiger partial charge on any atom is 0.276 e. The summed E-state index contributed by atoms with van der Waals surface area (Å²) in [4.78, 5) is 4.44. The molecular weight excluding hydrogens is 342 g/mol. The molecule has 0 aliphatic rings. The van der Waals surface area contributed by atoms with Gasteiger partial charge in [-0.15, -0.1) is 10.2 Å². The smallest absolute Gasteiger partial charge is 0.276 e. The van der Waals surface area contributed by atoms with E-state index in [1.165, 1.54) is 11.8 Å². The second-order valence-electron chi connectivity index (χ2n) is 4.34. The lowest BCUT2D eigenvalue weighted by Gasteiger charge is -1.95. The summed E-state index contributed by atoms with van der Waals surface area (Å²) in [6, 6.07) is 7.40. The first-order chi connectivity index (χ1) is 10.7. The van der Waals surface area contributed by atoms with Crippen molar-refractivity contribution < 1.29 is 8.83 Å². The predicted molar refractivity (Wildman–Crippen MR) is 88.0 cm³/mol. The first kappa shape index (κ1) is 15.5. The molecule has 5 nitrogen and oxygen atoms in total. The van der Waals surface area contributed by atoms with Crippen LogP contribution in [0.4, 0.5) is 0 Å². The molecule has 114 valence electrons. The number of hydrogen-bond acceptors (Lipinski definition) is 7. The molecule has 0 spiro atoms. The summed E-state index contributed by atoms with van der Waals surface area (Å²) in [5, 5.41) is 9.14. The van der Waals surface area contributed by atoms with Crippen molar-refractivity contribution >= 4 is 35.1 Å². The van der Waals surface area contributed by atoms with Crippen molar-refractivity contribution in [1.82, 2.24) is 15.2 Å². The van der Waals surface area contributed by atoms with Crippen molar-refractivity contribution in [3.05, 3.63) is 47.1 Å². The number of rotatable bonds is 6. The summed E-state index contributed by atoms with van der Waals surface area (Å²) < 4.78 is 11.0. The Morgan fingerprint density at radius 2 is 2.14 bits per heavy atom. The first-order valence-corrected chi connectivity index (χ1v) is 9.15. The zero-order valence-electron chi connectivity index (χ0n) is 11.7. The van der Waals surface area contributed by atoms with Crippen LogP contribution in [0.15, 0.2) is 44.6 Å². The van der Waals surface area contributed by atoms with Crippen molar-refractivity contribution in [2.24, 2.45) is 0 Å². The van der Waals surface area contributed by atoms with Gasteiger partial charge in [0.05, 0.1) is 11.4 Å². The molecule has 0 amide bonds. The molecule has 0 aliphatic carbocycles. The lowest BCUT2D eigenvalue weighted by Crippen LogP contribution is -1.82. The van der Waals surface area contributed by atoms with Gasteiger partial charge >= 0.3 is 0 Å². The molecule has 0 saturated heterocycles. The average molecular weight is 354 g/mol. The third-order valence-electron chi connectivity index (χ3n) is 2.68. The Kier molecular flexibility index (Phi) is 5.07.